The Morgan fingerprint density at radius 2 is 2.17 bits per heavy atom. The van der Waals surface area contributed by atoms with Crippen LogP contribution in [0.15, 0.2) is 0 Å². The van der Waals surface area contributed by atoms with E-state index in [0.29, 0.717) is 5.92 Å². The van der Waals surface area contributed by atoms with Crippen LogP contribution in [-0.4, -0.2) is 29.5 Å². The monoisotopic (exact) mass is 249 g/mol. The van der Waals surface area contributed by atoms with E-state index in [1.807, 2.05) is 0 Å². The number of aromatic nitrogens is 2. The molecular formula is C14H23N3O. The average Bonchev–Trinajstić information content (AvgIpc) is 2.99. The predicted octanol–water partition coefficient (Wildman–Crippen LogP) is 2.28. The fraction of sp³-hybridized carbons (Fsp3) is 0.786. The summed E-state index contributed by atoms with van der Waals surface area (Å²) in [5, 5.41) is 8.23. The molecule has 4 heteroatoms. The van der Waals surface area contributed by atoms with Crippen LogP contribution in [0, 0.1) is 13.8 Å². The molecule has 1 aromatic rings. The maximum atomic E-state index is 5.76. The second kappa shape index (κ2) is 5.02. The standard InChI is InChI=1S/C14H23N3O/c1-10-14(12-5-3-7-15-9-12)11(2)17(16-10)13-6-4-8-18-13/h12-13,15H,3-9H2,1-2H3. The van der Waals surface area contributed by atoms with Crippen LogP contribution in [0.2, 0.25) is 0 Å². The SMILES string of the molecule is Cc1nn(C2CCCO2)c(C)c1C1CCCNC1. The first kappa shape index (κ1) is 12.2. The highest BCUT2D eigenvalue weighted by Gasteiger charge is 2.26. The van der Waals surface area contributed by atoms with Gasteiger partial charge in [0.15, 0.2) is 6.23 Å². The van der Waals surface area contributed by atoms with E-state index in [1.165, 1.54) is 29.8 Å². The Morgan fingerprint density at radius 1 is 1.28 bits per heavy atom. The van der Waals surface area contributed by atoms with Crippen LogP contribution in [0.1, 0.15) is 54.8 Å². The largest absolute Gasteiger partial charge is 0.357 e. The number of ether oxygens (including phenoxy) is 1. The lowest BCUT2D eigenvalue weighted by Gasteiger charge is -2.23. The summed E-state index contributed by atoms with van der Waals surface area (Å²) in [6.07, 6.45) is 4.99. The van der Waals surface area contributed by atoms with Gasteiger partial charge in [-0.3, -0.25) is 0 Å². The summed E-state index contributed by atoms with van der Waals surface area (Å²) in [6, 6.07) is 0. The number of hydrogen-bond acceptors (Lipinski definition) is 3. The molecule has 0 spiro atoms. The topological polar surface area (TPSA) is 39.1 Å². The van der Waals surface area contributed by atoms with E-state index in [2.05, 4.69) is 23.8 Å². The molecule has 0 bridgehead atoms. The number of nitrogens with one attached hydrogen (secondary N) is 1. The summed E-state index contributed by atoms with van der Waals surface area (Å²) in [7, 11) is 0. The molecule has 4 nitrogen and oxygen atoms in total. The molecule has 2 atom stereocenters. The van der Waals surface area contributed by atoms with Gasteiger partial charge in [-0.05, 0) is 46.1 Å². The molecule has 1 aromatic heterocycles. The fourth-order valence-corrected chi connectivity index (χ4v) is 3.40. The molecule has 2 fully saturated rings. The van der Waals surface area contributed by atoms with Crippen molar-refractivity contribution >= 4 is 0 Å². The maximum absolute atomic E-state index is 5.76. The van der Waals surface area contributed by atoms with Crippen molar-refractivity contribution in [3.05, 3.63) is 17.0 Å². The van der Waals surface area contributed by atoms with Crippen molar-refractivity contribution in [2.24, 2.45) is 0 Å². The smallest absolute Gasteiger partial charge is 0.150 e. The third-order valence-electron chi connectivity index (χ3n) is 4.26. The van der Waals surface area contributed by atoms with Gasteiger partial charge >= 0.3 is 0 Å². The molecular weight excluding hydrogens is 226 g/mol. The zero-order valence-corrected chi connectivity index (χ0v) is 11.4. The highest BCUT2D eigenvalue weighted by molar-refractivity contribution is 5.29. The molecule has 0 saturated carbocycles. The molecule has 3 rings (SSSR count). The average molecular weight is 249 g/mol. The Balaban J connectivity index is 1.89. The van der Waals surface area contributed by atoms with E-state index in [4.69, 9.17) is 9.84 Å². The van der Waals surface area contributed by atoms with Crippen molar-refractivity contribution in [2.75, 3.05) is 19.7 Å². The molecule has 0 radical (unpaired) electrons. The zero-order chi connectivity index (χ0) is 12.5. The minimum absolute atomic E-state index is 0.175. The van der Waals surface area contributed by atoms with Crippen LogP contribution in [0.3, 0.4) is 0 Å². The van der Waals surface area contributed by atoms with E-state index in [1.54, 1.807) is 0 Å². The Bertz CT molecular complexity index is 415. The molecule has 1 N–H and O–H groups in total. The molecule has 100 valence electrons. The second-order valence-corrected chi connectivity index (χ2v) is 5.54. The van der Waals surface area contributed by atoms with Crippen molar-refractivity contribution < 1.29 is 4.74 Å². The minimum atomic E-state index is 0.175. The van der Waals surface area contributed by atoms with Crippen molar-refractivity contribution in [3.63, 3.8) is 0 Å². The van der Waals surface area contributed by atoms with Gasteiger partial charge < -0.3 is 10.1 Å². The zero-order valence-electron chi connectivity index (χ0n) is 11.4. The Hall–Kier alpha value is -0.870. The Morgan fingerprint density at radius 3 is 2.83 bits per heavy atom. The van der Waals surface area contributed by atoms with Crippen molar-refractivity contribution in [1.29, 1.82) is 0 Å². The summed E-state index contributed by atoms with van der Waals surface area (Å²) in [5.74, 6) is 0.633. The van der Waals surface area contributed by atoms with Crippen molar-refractivity contribution in [3.8, 4) is 0 Å². The molecule has 2 aliphatic heterocycles. The third-order valence-corrected chi connectivity index (χ3v) is 4.26. The lowest BCUT2D eigenvalue weighted by Crippen LogP contribution is -2.29. The molecule has 2 saturated heterocycles. The number of nitrogens with zero attached hydrogens (tertiary/aromatic N) is 2. The normalized spacial score (nSPS) is 28.8. The summed E-state index contributed by atoms with van der Waals surface area (Å²) in [5.41, 5.74) is 3.96. The molecule has 2 unspecified atom stereocenters. The second-order valence-electron chi connectivity index (χ2n) is 5.54. The molecule has 3 heterocycles. The Labute approximate surface area is 109 Å². The quantitative estimate of drug-likeness (QED) is 0.874. The van der Waals surface area contributed by atoms with Gasteiger partial charge in [-0.25, -0.2) is 4.68 Å². The van der Waals surface area contributed by atoms with Crippen LogP contribution in [0.5, 0.6) is 0 Å². The third kappa shape index (κ3) is 2.08. The van der Waals surface area contributed by atoms with Gasteiger partial charge in [0.05, 0.1) is 5.69 Å². The highest BCUT2D eigenvalue weighted by atomic mass is 16.5. The predicted molar refractivity (Wildman–Crippen MR) is 70.8 cm³/mol. The van der Waals surface area contributed by atoms with Crippen LogP contribution >= 0.6 is 0 Å². The maximum Gasteiger partial charge on any atom is 0.150 e. The van der Waals surface area contributed by atoms with Gasteiger partial charge in [-0.2, -0.15) is 5.10 Å². The van der Waals surface area contributed by atoms with Crippen LogP contribution in [0.4, 0.5) is 0 Å². The van der Waals surface area contributed by atoms with Crippen LogP contribution < -0.4 is 5.32 Å². The summed E-state index contributed by atoms with van der Waals surface area (Å²) in [4.78, 5) is 0. The fourth-order valence-electron chi connectivity index (χ4n) is 3.40. The number of aryl methyl sites for hydroxylation is 1. The minimum Gasteiger partial charge on any atom is -0.357 e. The number of hydrogen-bond donors (Lipinski definition) is 1. The first-order valence-electron chi connectivity index (χ1n) is 7.15. The lowest BCUT2D eigenvalue weighted by molar-refractivity contribution is 0.0448. The first-order chi connectivity index (χ1) is 8.77. The first-order valence-corrected chi connectivity index (χ1v) is 7.15. The van der Waals surface area contributed by atoms with Gasteiger partial charge in [0, 0.05) is 30.3 Å². The van der Waals surface area contributed by atoms with Crippen LogP contribution in [0.25, 0.3) is 0 Å². The summed E-state index contributed by atoms with van der Waals surface area (Å²) >= 11 is 0. The Kier molecular flexibility index (Phi) is 3.39. The van der Waals surface area contributed by atoms with Crippen molar-refractivity contribution in [2.45, 2.75) is 51.7 Å². The van der Waals surface area contributed by atoms with Gasteiger partial charge in [-0.1, -0.05) is 0 Å². The van der Waals surface area contributed by atoms with Crippen LogP contribution in [-0.2, 0) is 4.74 Å². The molecule has 0 aliphatic carbocycles. The summed E-state index contributed by atoms with van der Waals surface area (Å²) in [6.45, 7) is 7.48. The van der Waals surface area contributed by atoms with Crippen molar-refractivity contribution in [1.82, 2.24) is 15.1 Å². The number of piperidine rings is 1. The van der Waals surface area contributed by atoms with E-state index in [9.17, 15) is 0 Å². The molecule has 0 aromatic carbocycles. The van der Waals surface area contributed by atoms with Gasteiger partial charge in [-0.15, -0.1) is 0 Å². The van der Waals surface area contributed by atoms with Gasteiger partial charge in [0.1, 0.15) is 0 Å². The molecule has 2 aliphatic rings. The van der Waals surface area contributed by atoms with E-state index in [0.717, 1.165) is 32.5 Å². The highest BCUT2D eigenvalue weighted by Crippen LogP contribution is 2.32. The molecule has 18 heavy (non-hydrogen) atoms. The lowest BCUT2D eigenvalue weighted by atomic mass is 9.90. The molecule has 0 amide bonds. The summed E-state index contributed by atoms with van der Waals surface area (Å²) < 4.78 is 7.88. The van der Waals surface area contributed by atoms with Gasteiger partial charge in [0.2, 0.25) is 0 Å². The van der Waals surface area contributed by atoms with E-state index < -0.39 is 0 Å². The van der Waals surface area contributed by atoms with E-state index in [-0.39, 0.29) is 6.23 Å². The van der Waals surface area contributed by atoms with E-state index >= 15 is 0 Å². The number of rotatable bonds is 2. The van der Waals surface area contributed by atoms with Gasteiger partial charge in [0.25, 0.3) is 0 Å².